The van der Waals surface area contributed by atoms with Gasteiger partial charge in [-0.25, -0.2) is 0 Å². The van der Waals surface area contributed by atoms with Gasteiger partial charge in [-0.05, 0) is 7.05 Å². The first-order valence-corrected chi connectivity index (χ1v) is 17.4. The molecule has 0 spiro atoms. The molecule has 0 aromatic carbocycles. The molecule has 1 rings (SSSR count). The van der Waals surface area contributed by atoms with Gasteiger partial charge >= 0.3 is 0 Å². The summed E-state index contributed by atoms with van der Waals surface area (Å²) < 4.78 is 70.7. The molecule has 0 atom stereocenters. The van der Waals surface area contributed by atoms with Crippen molar-refractivity contribution in [1.82, 2.24) is 10.2 Å². The zero-order chi connectivity index (χ0) is 35.8. The lowest BCUT2D eigenvalue weighted by Crippen LogP contribution is -2.33. The van der Waals surface area contributed by atoms with Gasteiger partial charge in [-0.15, -0.1) is 0 Å². The number of rotatable bonds is 42. The van der Waals surface area contributed by atoms with Crippen LogP contribution in [0, 0.1) is 0 Å². The highest BCUT2D eigenvalue weighted by Crippen LogP contribution is 2.02. The number of hydrogen-bond donors (Lipinski definition) is 1. The summed E-state index contributed by atoms with van der Waals surface area (Å²) >= 11 is 0. The van der Waals surface area contributed by atoms with Gasteiger partial charge in [0.1, 0.15) is 0 Å². The van der Waals surface area contributed by atoms with Crippen molar-refractivity contribution < 1.29 is 71.2 Å². The van der Waals surface area contributed by atoms with Gasteiger partial charge in [0, 0.05) is 18.7 Å². The van der Waals surface area contributed by atoms with Crippen LogP contribution in [0.3, 0.4) is 0 Å². The summed E-state index contributed by atoms with van der Waals surface area (Å²) in [7, 11) is 1.89. The normalized spacial score (nSPS) is 13.0. The van der Waals surface area contributed by atoms with E-state index in [1.165, 1.54) is 12.2 Å². The van der Waals surface area contributed by atoms with E-state index in [1.807, 2.05) is 7.05 Å². The SMILES string of the molecule is CNCCOCCOCCOCCOCCOCCOCCOCCOCCOCCOCCOCCOCCOCCN1C(=O)C=CC1=O. The molecule has 0 fully saturated rings. The molecule has 1 heterocycles. The number of carbonyl (C=O) groups excluding carboxylic acids is 2. The maximum atomic E-state index is 11.4. The van der Waals surface area contributed by atoms with Crippen molar-refractivity contribution >= 4 is 11.8 Å². The lowest BCUT2D eigenvalue weighted by Gasteiger charge is -2.13. The molecule has 0 bridgehead atoms. The zero-order valence-electron chi connectivity index (χ0n) is 30.0. The van der Waals surface area contributed by atoms with Gasteiger partial charge in [-0.3, -0.25) is 14.5 Å². The number of hydrogen-bond acceptors (Lipinski definition) is 16. The van der Waals surface area contributed by atoms with Crippen LogP contribution in [0.15, 0.2) is 12.2 Å². The Morgan fingerprint density at radius 1 is 0.360 bits per heavy atom. The molecule has 17 nitrogen and oxygen atoms in total. The predicted octanol–water partition coefficient (Wildman–Crippen LogP) is -0.653. The van der Waals surface area contributed by atoms with Crippen LogP contribution in [-0.4, -0.2) is 209 Å². The third kappa shape index (κ3) is 32.2. The largest absolute Gasteiger partial charge is 0.378 e. The molecule has 0 aromatic rings. The highest BCUT2D eigenvalue weighted by Gasteiger charge is 2.22. The molecular formula is C33H62N2O15. The smallest absolute Gasteiger partial charge is 0.253 e. The molecule has 1 aliphatic rings. The van der Waals surface area contributed by atoms with Crippen molar-refractivity contribution in [3.05, 3.63) is 12.2 Å². The number of ether oxygens (including phenoxy) is 13. The van der Waals surface area contributed by atoms with Crippen LogP contribution in [0.2, 0.25) is 0 Å². The van der Waals surface area contributed by atoms with Gasteiger partial charge in [0.25, 0.3) is 11.8 Å². The highest BCUT2D eigenvalue weighted by molar-refractivity contribution is 6.12. The maximum Gasteiger partial charge on any atom is 0.253 e. The first-order chi connectivity index (χ1) is 24.8. The molecule has 0 saturated heterocycles. The van der Waals surface area contributed by atoms with E-state index in [0.29, 0.717) is 165 Å². The number of carbonyl (C=O) groups is 2. The van der Waals surface area contributed by atoms with E-state index in [0.717, 1.165) is 11.4 Å². The van der Waals surface area contributed by atoms with Crippen molar-refractivity contribution in [2.24, 2.45) is 0 Å². The topological polar surface area (TPSA) is 169 Å². The predicted molar refractivity (Wildman–Crippen MR) is 180 cm³/mol. The molecule has 0 unspecified atom stereocenters. The summed E-state index contributed by atoms with van der Waals surface area (Å²) in [5.41, 5.74) is 0. The van der Waals surface area contributed by atoms with E-state index in [9.17, 15) is 9.59 Å². The highest BCUT2D eigenvalue weighted by atomic mass is 16.6. The van der Waals surface area contributed by atoms with Crippen molar-refractivity contribution in [3.63, 3.8) is 0 Å². The van der Waals surface area contributed by atoms with Gasteiger partial charge in [0.2, 0.25) is 0 Å². The van der Waals surface area contributed by atoms with Crippen molar-refractivity contribution in [2.75, 3.05) is 192 Å². The molecular weight excluding hydrogens is 664 g/mol. The second-order valence-electron chi connectivity index (χ2n) is 10.2. The molecule has 0 aromatic heterocycles. The van der Waals surface area contributed by atoms with Crippen LogP contribution >= 0.6 is 0 Å². The van der Waals surface area contributed by atoms with Crippen molar-refractivity contribution in [3.8, 4) is 0 Å². The van der Waals surface area contributed by atoms with E-state index < -0.39 is 0 Å². The van der Waals surface area contributed by atoms with Crippen LogP contribution in [0.5, 0.6) is 0 Å². The van der Waals surface area contributed by atoms with E-state index in [4.69, 9.17) is 61.6 Å². The average Bonchev–Trinajstić information content (AvgIpc) is 3.44. The van der Waals surface area contributed by atoms with Crippen LogP contribution in [0.1, 0.15) is 0 Å². The minimum absolute atomic E-state index is 0.238. The summed E-state index contributed by atoms with van der Waals surface area (Å²) in [6.45, 7) is 13.9. The van der Waals surface area contributed by atoms with Crippen LogP contribution in [-0.2, 0) is 71.2 Å². The molecule has 17 heteroatoms. The second-order valence-corrected chi connectivity index (χ2v) is 10.2. The zero-order valence-corrected chi connectivity index (χ0v) is 30.0. The van der Waals surface area contributed by atoms with Gasteiger partial charge < -0.3 is 66.9 Å². The van der Waals surface area contributed by atoms with Gasteiger partial charge in [-0.2, -0.15) is 0 Å². The Morgan fingerprint density at radius 2 is 0.560 bits per heavy atom. The Morgan fingerprint density at radius 3 is 0.780 bits per heavy atom. The quantitative estimate of drug-likeness (QED) is 0.0622. The Labute approximate surface area is 297 Å². The van der Waals surface area contributed by atoms with Crippen LogP contribution in [0.25, 0.3) is 0 Å². The number of imide groups is 1. The standard InChI is InChI=1S/C33H62N2O15/c1-34-4-6-38-8-10-40-12-14-42-16-18-44-20-22-46-24-26-48-28-30-50-31-29-49-27-25-47-23-21-45-19-17-43-15-13-41-11-9-39-7-5-35-32(36)2-3-33(35)37/h2-3,34H,4-31H2,1H3. The second kappa shape index (κ2) is 38.5. The summed E-state index contributed by atoms with van der Waals surface area (Å²) in [5.74, 6) is -0.615. The first-order valence-electron chi connectivity index (χ1n) is 17.4. The van der Waals surface area contributed by atoms with Gasteiger partial charge in [-0.1, -0.05) is 0 Å². The fraction of sp³-hybridized carbons (Fsp3) is 0.879. The lowest BCUT2D eigenvalue weighted by molar-refractivity contribution is -0.137. The third-order valence-corrected chi connectivity index (χ3v) is 6.32. The fourth-order valence-corrected chi connectivity index (χ4v) is 3.72. The Kier molecular flexibility index (Phi) is 35.7. The average molecular weight is 727 g/mol. The van der Waals surface area contributed by atoms with Crippen molar-refractivity contribution in [2.45, 2.75) is 0 Å². The summed E-state index contributed by atoms with van der Waals surface area (Å²) in [4.78, 5) is 23.9. The Balaban J connectivity index is 1.61. The van der Waals surface area contributed by atoms with Gasteiger partial charge in [0.05, 0.1) is 178 Å². The van der Waals surface area contributed by atoms with E-state index >= 15 is 0 Å². The molecule has 2 amide bonds. The van der Waals surface area contributed by atoms with E-state index in [2.05, 4.69) is 5.32 Å². The molecule has 0 saturated carbocycles. The first kappa shape index (κ1) is 46.3. The summed E-state index contributed by atoms with van der Waals surface area (Å²) in [6.07, 6.45) is 2.51. The molecule has 1 N–H and O–H groups in total. The monoisotopic (exact) mass is 726 g/mol. The molecule has 0 aliphatic carbocycles. The van der Waals surface area contributed by atoms with E-state index in [1.54, 1.807) is 0 Å². The molecule has 294 valence electrons. The van der Waals surface area contributed by atoms with Crippen LogP contribution < -0.4 is 5.32 Å². The number of likely N-dealkylation sites (N-methyl/N-ethyl adjacent to an activating group) is 1. The maximum absolute atomic E-state index is 11.4. The fourth-order valence-electron chi connectivity index (χ4n) is 3.72. The number of nitrogens with one attached hydrogen (secondary N) is 1. The number of amides is 2. The molecule has 1 aliphatic heterocycles. The molecule has 0 radical (unpaired) electrons. The summed E-state index contributed by atoms with van der Waals surface area (Å²) in [5, 5.41) is 3.02. The van der Waals surface area contributed by atoms with Crippen molar-refractivity contribution in [1.29, 1.82) is 0 Å². The lowest BCUT2D eigenvalue weighted by atomic mass is 10.5. The Bertz CT molecular complexity index is 763. The minimum Gasteiger partial charge on any atom is -0.378 e. The van der Waals surface area contributed by atoms with E-state index in [-0.39, 0.29) is 25.0 Å². The minimum atomic E-state index is -0.307. The third-order valence-electron chi connectivity index (χ3n) is 6.32. The van der Waals surface area contributed by atoms with Crippen LogP contribution in [0.4, 0.5) is 0 Å². The van der Waals surface area contributed by atoms with Gasteiger partial charge in [0.15, 0.2) is 0 Å². The summed E-state index contributed by atoms with van der Waals surface area (Å²) in [6, 6.07) is 0. The number of nitrogens with zero attached hydrogens (tertiary/aromatic N) is 1. The Hall–Kier alpha value is -1.68. The molecule has 50 heavy (non-hydrogen) atoms.